The number of nitrogens with zero attached hydrogens (tertiary/aromatic N) is 4. The minimum atomic E-state index is -0.384. The lowest BCUT2D eigenvalue weighted by Crippen LogP contribution is -2.40. The number of ether oxygens (including phenoxy) is 2. The molecule has 174 valence electrons. The van der Waals surface area contributed by atoms with Crippen molar-refractivity contribution in [1.82, 2.24) is 14.9 Å². The summed E-state index contributed by atoms with van der Waals surface area (Å²) in [6, 6.07) is 10.7. The third-order valence-electron chi connectivity index (χ3n) is 7.08. The van der Waals surface area contributed by atoms with E-state index >= 15 is 0 Å². The van der Waals surface area contributed by atoms with E-state index in [0.29, 0.717) is 54.7 Å². The second-order valence-electron chi connectivity index (χ2n) is 9.09. The van der Waals surface area contributed by atoms with Crippen molar-refractivity contribution in [3.05, 3.63) is 65.7 Å². The van der Waals surface area contributed by atoms with E-state index in [1.54, 1.807) is 24.5 Å². The van der Waals surface area contributed by atoms with E-state index in [-0.39, 0.29) is 17.1 Å². The molecule has 1 spiro atoms. The maximum atomic E-state index is 14.5. The molecule has 1 saturated carbocycles. The highest BCUT2D eigenvalue weighted by atomic mass is 19.1. The van der Waals surface area contributed by atoms with Crippen LogP contribution in [0.2, 0.25) is 0 Å². The molecule has 0 atom stereocenters. The smallest absolute Gasteiger partial charge is 0.254 e. The van der Waals surface area contributed by atoms with Crippen molar-refractivity contribution in [1.29, 1.82) is 0 Å². The number of benzene rings is 2. The van der Waals surface area contributed by atoms with Crippen molar-refractivity contribution >= 4 is 17.5 Å². The van der Waals surface area contributed by atoms with Gasteiger partial charge in [0.15, 0.2) is 0 Å². The van der Waals surface area contributed by atoms with Gasteiger partial charge in [0.1, 0.15) is 11.6 Å². The Morgan fingerprint density at radius 2 is 1.88 bits per heavy atom. The maximum Gasteiger partial charge on any atom is 0.254 e. The van der Waals surface area contributed by atoms with Gasteiger partial charge in [-0.2, -0.15) is 0 Å². The van der Waals surface area contributed by atoms with Gasteiger partial charge < -0.3 is 19.3 Å². The average molecular weight is 461 g/mol. The predicted molar refractivity (Wildman–Crippen MR) is 125 cm³/mol. The molecule has 2 fully saturated rings. The molecule has 1 saturated heterocycles. The highest BCUT2D eigenvalue weighted by Gasteiger charge is 2.52. The Bertz CT molecular complexity index is 1250. The first-order valence-corrected chi connectivity index (χ1v) is 11.5. The molecule has 34 heavy (non-hydrogen) atoms. The normalized spacial score (nSPS) is 18.2. The van der Waals surface area contributed by atoms with Gasteiger partial charge in [-0.15, -0.1) is 0 Å². The molecule has 3 heterocycles. The largest absolute Gasteiger partial charge is 0.496 e. The number of morpholine rings is 1. The third-order valence-corrected chi connectivity index (χ3v) is 7.08. The van der Waals surface area contributed by atoms with Gasteiger partial charge in [-0.3, -0.25) is 4.79 Å². The molecule has 6 rings (SSSR count). The fraction of sp³-hybridized carbons (Fsp3) is 0.346. The number of hydrogen-bond donors (Lipinski definition) is 0. The van der Waals surface area contributed by atoms with Crippen molar-refractivity contribution in [2.75, 3.05) is 44.9 Å². The standard InChI is InChI=1S/C26H25FN4O3/c1-33-22-4-2-3-20(27)23(22)18-14-28-25(29-15-18)31-16-26(7-8-26)19-6-5-17(13-21(19)31)24(32)30-9-11-34-12-10-30/h2-6,13-15H,7-12,16H2,1H3. The van der Waals surface area contributed by atoms with E-state index in [1.807, 2.05) is 17.0 Å². The number of rotatable bonds is 4. The first kappa shape index (κ1) is 21.0. The van der Waals surface area contributed by atoms with Crippen LogP contribution in [0, 0.1) is 5.82 Å². The molecule has 2 aliphatic heterocycles. The van der Waals surface area contributed by atoms with Crippen LogP contribution in [0.3, 0.4) is 0 Å². The minimum absolute atomic E-state index is 0.0192. The predicted octanol–water partition coefficient (Wildman–Crippen LogP) is 3.95. The van der Waals surface area contributed by atoms with Crippen LogP contribution in [-0.2, 0) is 10.2 Å². The number of methoxy groups -OCH3 is 1. The topological polar surface area (TPSA) is 67.8 Å². The van der Waals surface area contributed by atoms with Crippen LogP contribution >= 0.6 is 0 Å². The lowest BCUT2D eigenvalue weighted by Gasteiger charge is -2.27. The molecular formula is C26H25FN4O3. The molecule has 0 radical (unpaired) electrons. The molecule has 0 bridgehead atoms. The zero-order valence-corrected chi connectivity index (χ0v) is 19.0. The summed E-state index contributed by atoms with van der Waals surface area (Å²) in [6.07, 6.45) is 5.47. The molecule has 1 amide bonds. The summed E-state index contributed by atoms with van der Waals surface area (Å²) in [5.74, 6) is 0.613. The Labute approximate surface area is 197 Å². The summed E-state index contributed by atoms with van der Waals surface area (Å²) in [7, 11) is 1.51. The first-order valence-electron chi connectivity index (χ1n) is 11.5. The van der Waals surface area contributed by atoms with Gasteiger partial charge in [0.2, 0.25) is 5.95 Å². The number of fused-ring (bicyclic) bond motifs is 2. The summed E-state index contributed by atoms with van der Waals surface area (Å²) in [5, 5.41) is 0. The molecule has 1 aliphatic carbocycles. The van der Waals surface area contributed by atoms with Gasteiger partial charge in [0, 0.05) is 54.3 Å². The summed E-state index contributed by atoms with van der Waals surface area (Å²) in [5.41, 5.74) is 3.89. The Balaban J connectivity index is 1.34. The van der Waals surface area contributed by atoms with Crippen LogP contribution in [0.25, 0.3) is 11.1 Å². The fourth-order valence-corrected chi connectivity index (χ4v) is 5.06. The monoisotopic (exact) mass is 460 g/mol. The average Bonchev–Trinajstić information content (AvgIpc) is 3.60. The van der Waals surface area contributed by atoms with Crippen molar-refractivity contribution in [2.45, 2.75) is 18.3 Å². The van der Waals surface area contributed by atoms with Gasteiger partial charge in [-0.25, -0.2) is 14.4 Å². The van der Waals surface area contributed by atoms with Gasteiger partial charge in [0.05, 0.1) is 25.9 Å². The van der Waals surface area contributed by atoms with Crippen LogP contribution in [0.4, 0.5) is 16.0 Å². The van der Waals surface area contributed by atoms with Crippen molar-refractivity contribution in [3.8, 4) is 16.9 Å². The van der Waals surface area contributed by atoms with Gasteiger partial charge in [-0.05, 0) is 42.7 Å². The number of aromatic nitrogens is 2. The molecule has 1 aromatic heterocycles. The molecule has 7 nitrogen and oxygen atoms in total. The van der Waals surface area contributed by atoms with Crippen molar-refractivity contribution < 1.29 is 18.7 Å². The Morgan fingerprint density at radius 1 is 1.12 bits per heavy atom. The number of halogens is 1. The second-order valence-corrected chi connectivity index (χ2v) is 9.09. The summed E-state index contributed by atoms with van der Waals surface area (Å²) >= 11 is 0. The van der Waals surface area contributed by atoms with E-state index in [4.69, 9.17) is 9.47 Å². The lowest BCUT2D eigenvalue weighted by atomic mass is 9.97. The summed E-state index contributed by atoms with van der Waals surface area (Å²) < 4.78 is 25.2. The Kier molecular flexibility index (Phi) is 4.99. The zero-order chi connectivity index (χ0) is 23.3. The Hall–Kier alpha value is -3.52. The molecular weight excluding hydrogens is 435 g/mol. The first-order chi connectivity index (χ1) is 16.6. The van der Waals surface area contributed by atoms with E-state index in [1.165, 1.54) is 18.7 Å². The number of hydrogen-bond acceptors (Lipinski definition) is 6. The van der Waals surface area contributed by atoms with Gasteiger partial charge in [0.25, 0.3) is 5.91 Å². The van der Waals surface area contributed by atoms with Crippen LogP contribution in [0.1, 0.15) is 28.8 Å². The highest BCUT2D eigenvalue weighted by molar-refractivity contribution is 5.96. The summed E-state index contributed by atoms with van der Waals surface area (Å²) in [4.78, 5) is 26.2. The van der Waals surface area contributed by atoms with E-state index in [2.05, 4.69) is 20.9 Å². The molecule has 0 unspecified atom stereocenters. The quantitative estimate of drug-likeness (QED) is 0.588. The highest BCUT2D eigenvalue weighted by Crippen LogP contribution is 2.57. The van der Waals surface area contributed by atoms with E-state index in [9.17, 15) is 9.18 Å². The molecule has 8 heteroatoms. The van der Waals surface area contributed by atoms with E-state index in [0.717, 1.165) is 25.1 Å². The molecule has 0 N–H and O–H groups in total. The third kappa shape index (κ3) is 3.40. The molecule has 2 aromatic carbocycles. The number of carbonyl (C=O) groups excluding carboxylic acids is 1. The van der Waals surface area contributed by atoms with Gasteiger partial charge >= 0.3 is 0 Å². The molecule has 3 aromatic rings. The van der Waals surface area contributed by atoms with Crippen LogP contribution in [-0.4, -0.2) is 60.7 Å². The van der Waals surface area contributed by atoms with Crippen LogP contribution in [0.15, 0.2) is 48.8 Å². The number of carbonyl (C=O) groups is 1. The van der Waals surface area contributed by atoms with Crippen LogP contribution < -0.4 is 9.64 Å². The lowest BCUT2D eigenvalue weighted by molar-refractivity contribution is 0.0303. The minimum Gasteiger partial charge on any atom is -0.496 e. The number of anilines is 2. The Morgan fingerprint density at radius 3 is 2.59 bits per heavy atom. The number of amides is 1. The van der Waals surface area contributed by atoms with Crippen LogP contribution in [0.5, 0.6) is 5.75 Å². The summed E-state index contributed by atoms with van der Waals surface area (Å²) in [6.45, 7) is 3.12. The zero-order valence-electron chi connectivity index (χ0n) is 19.0. The maximum absolute atomic E-state index is 14.5. The second kappa shape index (κ2) is 8.06. The molecule has 3 aliphatic rings. The fourth-order valence-electron chi connectivity index (χ4n) is 5.06. The van der Waals surface area contributed by atoms with Crippen molar-refractivity contribution in [2.24, 2.45) is 0 Å². The SMILES string of the molecule is COc1cccc(F)c1-c1cnc(N2CC3(CC3)c3ccc(C(=O)N4CCOCC4)cc32)nc1. The van der Waals surface area contributed by atoms with Crippen molar-refractivity contribution in [3.63, 3.8) is 0 Å². The van der Waals surface area contributed by atoms with E-state index < -0.39 is 0 Å². The van der Waals surface area contributed by atoms with Gasteiger partial charge in [-0.1, -0.05) is 12.1 Å².